The molecule has 0 saturated heterocycles. The van der Waals surface area contributed by atoms with Crippen LogP contribution in [0.5, 0.6) is 0 Å². The van der Waals surface area contributed by atoms with Gasteiger partial charge in [0.25, 0.3) is 0 Å². The van der Waals surface area contributed by atoms with Crippen LogP contribution in [0.15, 0.2) is 47.5 Å². The number of aliphatic imine (C=N–C) groups is 1. The zero-order valence-electron chi connectivity index (χ0n) is 15.7. The molecule has 3 aromatic rings. The molecule has 4 rings (SSSR count). The highest BCUT2D eigenvalue weighted by Crippen LogP contribution is 2.30. The Labute approximate surface area is 178 Å². The first-order valence-corrected chi connectivity index (χ1v) is 10.0. The normalized spacial score (nSPS) is 12.6. The molecule has 1 aliphatic heterocycles. The van der Waals surface area contributed by atoms with Gasteiger partial charge in [-0.25, -0.2) is 0 Å². The Balaban J connectivity index is 1.80. The van der Waals surface area contributed by atoms with E-state index in [1.165, 1.54) is 0 Å². The fourth-order valence-corrected chi connectivity index (χ4v) is 3.66. The van der Waals surface area contributed by atoms with Crippen LogP contribution in [0.3, 0.4) is 0 Å². The van der Waals surface area contributed by atoms with Gasteiger partial charge in [-0.15, -0.1) is 10.2 Å². The molecule has 0 radical (unpaired) electrons. The maximum absolute atomic E-state index is 11.8. The second kappa shape index (κ2) is 8.35. The van der Waals surface area contributed by atoms with Gasteiger partial charge in [-0.1, -0.05) is 48.3 Å². The van der Waals surface area contributed by atoms with Gasteiger partial charge in [0.05, 0.1) is 11.4 Å². The fraction of sp³-hybridized carbons (Fsp3) is 0.238. The predicted octanol–water partition coefficient (Wildman–Crippen LogP) is 4.77. The molecule has 0 fully saturated rings. The lowest BCUT2D eigenvalue weighted by molar-refractivity contribution is -0.145. The molecule has 6 nitrogen and oxygen atoms in total. The number of nitrogens with zero attached hydrogens (tertiary/aromatic N) is 4. The van der Waals surface area contributed by atoms with Gasteiger partial charge in [0.2, 0.25) is 0 Å². The molecule has 0 bridgehead atoms. The zero-order chi connectivity index (χ0) is 20.4. The second-order valence-corrected chi connectivity index (χ2v) is 7.43. The first kappa shape index (κ1) is 19.6. The standard InChI is InChI=1S/C21H18Cl2N4O2/c1-2-5-20(28)29-12-19-26-25-18-11-24-21(14-6-3-4-7-16(14)23)15-10-13(22)8-9-17(15)27(18)19/h3-4,6-10H,2,5,11-12H2,1H3. The first-order valence-electron chi connectivity index (χ1n) is 9.27. The van der Waals surface area contributed by atoms with E-state index in [2.05, 4.69) is 10.2 Å². The van der Waals surface area contributed by atoms with Crippen molar-refractivity contribution in [1.82, 2.24) is 14.8 Å². The monoisotopic (exact) mass is 428 g/mol. The van der Waals surface area contributed by atoms with E-state index in [1.807, 2.05) is 47.9 Å². The van der Waals surface area contributed by atoms with Gasteiger partial charge in [-0.2, -0.15) is 0 Å². The molecule has 1 aromatic heterocycles. The maximum Gasteiger partial charge on any atom is 0.306 e. The van der Waals surface area contributed by atoms with Crippen LogP contribution in [0.4, 0.5) is 0 Å². The Morgan fingerprint density at radius 1 is 1.14 bits per heavy atom. The number of rotatable bonds is 5. The molecular weight excluding hydrogens is 411 g/mol. The van der Waals surface area contributed by atoms with Crippen LogP contribution in [-0.2, 0) is 22.7 Å². The van der Waals surface area contributed by atoms with Gasteiger partial charge < -0.3 is 4.74 Å². The Morgan fingerprint density at radius 3 is 2.76 bits per heavy atom. The number of fused-ring (bicyclic) bond motifs is 3. The summed E-state index contributed by atoms with van der Waals surface area (Å²) in [6, 6.07) is 13.1. The topological polar surface area (TPSA) is 69.4 Å². The van der Waals surface area contributed by atoms with E-state index in [-0.39, 0.29) is 12.6 Å². The second-order valence-electron chi connectivity index (χ2n) is 6.58. The van der Waals surface area contributed by atoms with E-state index in [0.717, 1.165) is 28.9 Å². The molecule has 29 heavy (non-hydrogen) atoms. The third-order valence-corrected chi connectivity index (χ3v) is 5.14. The number of aromatic nitrogens is 3. The number of esters is 1. The molecule has 148 valence electrons. The molecule has 0 N–H and O–H groups in total. The molecule has 0 atom stereocenters. The minimum absolute atomic E-state index is 0.0370. The minimum atomic E-state index is -0.261. The van der Waals surface area contributed by atoms with Crippen molar-refractivity contribution in [3.63, 3.8) is 0 Å². The lowest BCUT2D eigenvalue weighted by atomic mass is 10.0. The van der Waals surface area contributed by atoms with E-state index >= 15 is 0 Å². The summed E-state index contributed by atoms with van der Waals surface area (Å²) in [4.78, 5) is 16.6. The highest BCUT2D eigenvalue weighted by molar-refractivity contribution is 6.36. The third kappa shape index (κ3) is 3.91. The van der Waals surface area contributed by atoms with Crippen LogP contribution >= 0.6 is 23.2 Å². The maximum atomic E-state index is 11.8. The number of carbonyl (C=O) groups excluding carboxylic acids is 1. The lowest BCUT2D eigenvalue weighted by Crippen LogP contribution is -2.12. The van der Waals surface area contributed by atoms with Gasteiger partial charge in [0.1, 0.15) is 6.54 Å². The van der Waals surface area contributed by atoms with Crippen molar-refractivity contribution in [2.24, 2.45) is 4.99 Å². The molecule has 2 heterocycles. The zero-order valence-corrected chi connectivity index (χ0v) is 17.2. The fourth-order valence-electron chi connectivity index (χ4n) is 3.26. The largest absolute Gasteiger partial charge is 0.457 e. The van der Waals surface area contributed by atoms with Crippen molar-refractivity contribution in [1.29, 1.82) is 0 Å². The molecule has 8 heteroatoms. The van der Waals surface area contributed by atoms with Crippen LogP contribution in [0.1, 0.15) is 42.5 Å². The van der Waals surface area contributed by atoms with Crippen LogP contribution in [0.2, 0.25) is 10.0 Å². The summed E-state index contributed by atoms with van der Waals surface area (Å²) >= 11 is 12.7. The number of ether oxygens (including phenoxy) is 1. The van der Waals surface area contributed by atoms with Gasteiger partial charge in [0, 0.05) is 27.6 Å². The minimum Gasteiger partial charge on any atom is -0.457 e. The van der Waals surface area contributed by atoms with Crippen LogP contribution in [-0.4, -0.2) is 26.4 Å². The van der Waals surface area contributed by atoms with Crippen LogP contribution < -0.4 is 0 Å². The van der Waals surface area contributed by atoms with Gasteiger partial charge in [0.15, 0.2) is 18.3 Å². The van der Waals surface area contributed by atoms with E-state index in [4.69, 9.17) is 32.9 Å². The van der Waals surface area contributed by atoms with Crippen molar-refractivity contribution < 1.29 is 9.53 Å². The first-order chi connectivity index (χ1) is 14.1. The van der Waals surface area contributed by atoms with Gasteiger partial charge in [-0.05, 0) is 30.7 Å². The summed E-state index contributed by atoms with van der Waals surface area (Å²) in [6.45, 7) is 2.27. The molecule has 0 saturated carbocycles. The predicted molar refractivity (Wildman–Crippen MR) is 112 cm³/mol. The molecule has 0 unspecified atom stereocenters. The summed E-state index contributed by atoms with van der Waals surface area (Å²) in [7, 11) is 0. The highest BCUT2D eigenvalue weighted by atomic mass is 35.5. The average Bonchev–Trinajstić information content (AvgIpc) is 3.04. The lowest BCUT2D eigenvalue weighted by Gasteiger charge is -2.14. The molecule has 2 aromatic carbocycles. The summed E-state index contributed by atoms with van der Waals surface area (Å²) in [6.07, 6.45) is 1.10. The van der Waals surface area contributed by atoms with Crippen molar-refractivity contribution in [2.45, 2.75) is 32.9 Å². The van der Waals surface area contributed by atoms with Gasteiger partial charge in [-0.3, -0.25) is 14.4 Å². The van der Waals surface area contributed by atoms with E-state index < -0.39 is 0 Å². The van der Waals surface area contributed by atoms with E-state index in [9.17, 15) is 4.79 Å². The Morgan fingerprint density at radius 2 is 1.97 bits per heavy atom. The van der Waals surface area contributed by atoms with Crippen LogP contribution in [0.25, 0.3) is 5.69 Å². The molecule has 0 aliphatic carbocycles. The summed E-state index contributed by atoms with van der Waals surface area (Å²) < 4.78 is 7.23. The third-order valence-electron chi connectivity index (χ3n) is 4.58. The number of hydrogen-bond donors (Lipinski definition) is 0. The van der Waals surface area contributed by atoms with Crippen molar-refractivity contribution in [3.8, 4) is 5.69 Å². The molecule has 1 aliphatic rings. The summed E-state index contributed by atoms with van der Waals surface area (Å²) in [5, 5.41) is 9.66. The Kier molecular flexibility index (Phi) is 5.65. The smallest absolute Gasteiger partial charge is 0.306 e. The van der Waals surface area contributed by atoms with Crippen molar-refractivity contribution in [2.75, 3.05) is 0 Å². The Hall–Kier alpha value is -2.70. The van der Waals surface area contributed by atoms with Crippen molar-refractivity contribution in [3.05, 3.63) is 75.3 Å². The average molecular weight is 429 g/mol. The number of benzene rings is 2. The molecule has 0 spiro atoms. The van der Waals surface area contributed by atoms with Gasteiger partial charge >= 0.3 is 5.97 Å². The Bertz CT molecular complexity index is 1110. The van der Waals surface area contributed by atoms with Crippen LogP contribution in [0, 0.1) is 0 Å². The summed E-state index contributed by atoms with van der Waals surface area (Å²) in [5.41, 5.74) is 3.16. The quantitative estimate of drug-likeness (QED) is 0.548. The number of carbonyl (C=O) groups is 1. The van der Waals surface area contributed by atoms with E-state index in [1.54, 1.807) is 6.07 Å². The summed E-state index contributed by atoms with van der Waals surface area (Å²) in [5.74, 6) is 0.920. The van der Waals surface area contributed by atoms with E-state index in [0.29, 0.717) is 34.7 Å². The highest BCUT2D eigenvalue weighted by Gasteiger charge is 2.24. The number of hydrogen-bond acceptors (Lipinski definition) is 5. The SMILES string of the molecule is CCCC(=O)OCc1nnc2n1-c1ccc(Cl)cc1C(c1ccccc1Cl)=NC2. The van der Waals surface area contributed by atoms with Crippen molar-refractivity contribution >= 4 is 34.9 Å². The molecular formula is C21H18Cl2N4O2. The molecule has 0 amide bonds. The number of halogens is 2.